The van der Waals surface area contributed by atoms with E-state index in [1.165, 1.54) is 0 Å². The van der Waals surface area contributed by atoms with Gasteiger partial charge in [-0.3, -0.25) is 4.99 Å². The number of nitrogens with zero attached hydrogens (tertiary/aromatic N) is 5. The number of halogens is 2. The maximum Gasteiger partial charge on any atom is 0.225 e. The number of hydrogen-bond donors (Lipinski definition) is 1. The average molecular weight is 379 g/mol. The average Bonchev–Trinajstić information content (AvgIpc) is 2.65. The van der Waals surface area contributed by atoms with Gasteiger partial charge in [-0.2, -0.15) is 0 Å². The molecule has 0 saturated carbocycles. The van der Waals surface area contributed by atoms with Gasteiger partial charge in [0.1, 0.15) is 0 Å². The molecule has 0 radical (unpaired) electrons. The number of nitrogens with one attached hydrogen (secondary N) is 1. The van der Waals surface area contributed by atoms with Gasteiger partial charge in [-0.1, -0.05) is 29.3 Å². The van der Waals surface area contributed by atoms with E-state index in [2.05, 4.69) is 30.1 Å². The second-order valence-corrected chi connectivity index (χ2v) is 6.50. The van der Waals surface area contributed by atoms with Gasteiger partial charge in [-0.25, -0.2) is 9.97 Å². The monoisotopic (exact) mass is 378 g/mol. The van der Waals surface area contributed by atoms with Gasteiger partial charge in [0, 0.05) is 62.2 Å². The van der Waals surface area contributed by atoms with Crippen LogP contribution in [0.5, 0.6) is 0 Å². The van der Waals surface area contributed by atoms with Gasteiger partial charge in [0.2, 0.25) is 5.95 Å². The molecular weight excluding hydrogens is 359 g/mol. The molecular formula is C17H20Cl2N6. The van der Waals surface area contributed by atoms with Crippen molar-refractivity contribution in [3.8, 4) is 0 Å². The molecule has 6 nitrogen and oxygen atoms in total. The summed E-state index contributed by atoms with van der Waals surface area (Å²) in [5.74, 6) is 1.64. The zero-order chi connectivity index (χ0) is 17.6. The molecule has 2 aromatic rings. The highest BCUT2D eigenvalue weighted by atomic mass is 35.5. The molecule has 1 aliphatic heterocycles. The summed E-state index contributed by atoms with van der Waals surface area (Å²) in [6, 6.07) is 7.34. The molecule has 2 heterocycles. The first-order chi connectivity index (χ1) is 12.2. The molecule has 0 unspecified atom stereocenters. The predicted octanol–water partition coefficient (Wildman–Crippen LogP) is 2.68. The number of aromatic nitrogens is 2. The third-order valence-electron chi connectivity index (χ3n) is 4.08. The standard InChI is InChI=1S/C17H20Cl2N6/c1-20-16(23-12-13-3-4-14(18)11-15(13)19)24-7-9-25(10-8-24)17-21-5-2-6-22-17/h2-6,11H,7-10,12H2,1H3,(H,20,23). The maximum absolute atomic E-state index is 6.23. The Morgan fingerprint density at radius 2 is 1.88 bits per heavy atom. The van der Waals surface area contributed by atoms with Crippen molar-refractivity contribution in [3.63, 3.8) is 0 Å². The fraction of sp³-hybridized carbons (Fsp3) is 0.353. The van der Waals surface area contributed by atoms with E-state index in [4.69, 9.17) is 23.2 Å². The van der Waals surface area contributed by atoms with Crippen LogP contribution in [0.3, 0.4) is 0 Å². The minimum absolute atomic E-state index is 0.602. The zero-order valence-corrected chi connectivity index (χ0v) is 15.5. The largest absolute Gasteiger partial charge is 0.352 e. The van der Waals surface area contributed by atoms with Crippen molar-refractivity contribution in [1.29, 1.82) is 0 Å². The van der Waals surface area contributed by atoms with Crippen LogP contribution in [0.4, 0.5) is 5.95 Å². The van der Waals surface area contributed by atoms with Gasteiger partial charge in [-0.05, 0) is 23.8 Å². The van der Waals surface area contributed by atoms with Crippen LogP contribution < -0.4 is 10.2 Å². The van der Waals surface area contributed by atoms with E-state index < -0.39 is 0 Å². The van der Waals surface area contributed by atoms with E-state index in [-0.39, 0.29) is 0 Å². The number of piperazine rings is 1. The summed E-state index contributed by atoms with van der Waals surface area (Å²) < 4.78 is 0. The normalized spacial score (nSPS) is 15.4. The highest BCUT2D eigenvalue weighted by Crippen LogP contribution is 2.20. The fourth-order valence-electron chi connectivity index (χ4n) is 2.74. The van der Waals surface area contributed by atoms with Crippen LogP contribution in [0.1, 0.15) is 5.56 Å². The molecule has 0 atom stereocenters. The number of aliphatic imine (C=N–C) groups is 1. The first-order valence-electron chi connectivity index (χ1n) is 8.09. The molecule has 8 heteroatoms. The number of anilines is 1. The van der Waals surface area contributed by atoms with E-state index in [1.54, 1.807) is 25.5 Å². The second-order valence-electron chi connectivity index (χ2n) is 5.66. The van der Waals surface area contributed by atoms with Crippen LogP contribution in [0.15, 0.2) is 41.7 Å². The van der Waals surface area contributed by atoms with Crippen LogP contribution in [-0.4, -0.2) is 54.1 Å². The lowest BCUT2D eigenvalue weighted by atomic mass is 10.2. The van der Waals surface area contributed by atoms with E-state index >= 15 is 0 Å². The quantitative estimate of drug-likeness (QED) is 0.657. The molecule has 0 bridgehead atoms. The van der Waals surface area contributed by atoms with Gasteiger partial charge >= 0.3 is 0 Å². The van der Waals surface area contributed by atoms with Crippen LogP contribution in [-0.2, 0) is 6.54 Å². The molecule has 0 amide bonds. The third-order valence-corrected chi connectivity index (χ3v) is 4.67. The molecule has 1 N–H and O–H groups in total. The second kappa shape index (κ2) is 8.36. The number of rotatable bonds is 3. The lowest BCUT2D eigenvalue weighted by Crippen LogP contribution is -2.52. The van der Waals surface area contributed by atoms with Gasteiger partial charge in [-0.15, -0.1) is 0 Å². The molecule has 0 spiro atoms. The Morgan fingerprint density at radius 1 is 1.16 bits per heavy atom. The summed E-state index contributed by atoms with van der Waals surface area (Å²) in [6.07, 6.45) is 3.54. The molecule has 0 aliphatic carbocycles. The molecule has 3 rings (SSSR count). The first kappa shape index (κ1) is 17.8. The Morgan fingerprint density at radius 3 is 2.52 bits per heavy atom. The van der Waals surface area contributed by atoms with E-state index in [0.29, 0.717) is 16.6 Å². The Hall–Kier alpha value is -2.05. The number of hydrogen-bond acceptors (Lipinski definition) is 4. The SMILES string of the molecule is CN=C(NCc1ccc(Cl)cc1Cl)N1CCN(c2ncccn2)CC1. The minimum Gasteiger partial charge on any atom is -0.352 e. The van der Waals surface area contributed by atoms with Gasteiger partial charge < -0.3 is 15.1 Å². The van der Waals surface area contributed by atoms with Crippen LogP contribution in [0.25, 0.3) is 0 Å². The van der Waals surface area contributed by atoms with Gasteiger partial charge in [0.15, 0.2) is 5.96 Å². The maximum atomic E-state index is 6.23. The van der Waals surface area contributed by atoms with Crippen molar-refractivity contribution >= 4 is 35.1 Å². The van der Waals surface area contributed by atoms with Crippen molar-refractivity contribution in [2.45, 2.75) is 6.54 Å². The highest BCUT2D eigenvalue weighted by molar-refractivity contribution is 6.35. The van der Waals surface area contributed by atoms with Crippen molar-refractivity contribution in [2.24, 2.45) is 4.99 Å². The van der Waals surface area contributed by atoms with E-state index in [0.717, 1.165) is 43.7 Å². The van der Waals surface area contributed by atoms with Crippen LogP contribution in [0, 0.1) is 0 Å². The number of benzene rings is 1. The summed E-state index contributed by atoms with van der Waals surface area (Å²) in [7, 11) is 1.79. The lowest BCUT2D eigenvalue weighted by Gasteiger charge is -2.36. The van der Waals surface area contributed by atoms with Crippen LogP contribution >= 0.6 is 23.2 Å². The molecule has 1 aromatic carbocycles. The smallest absolute Gasteiger partial charge is 0.225 e. The summed E-state index contributed by atoms with van der Waals surface area (Å²) in [5.41, 5.74) is 0.989. The lowest BCUT2D eigenvalue weighted by molar-refractivity contribution is 0.370. The highest BCUT2D eigenvalue weighted by Gasteiger charge is 2.21. The van der Waals surface area contributed by atoms with Crippen molar-refractivity contribution in [1.82, 2.24) is 20.2 Å². The third kappa shape index (κ3) is 4.52. The van der Waals surface area contributed by atoms with Gasteiger partial charge in [0.25, 0.3) is 0 Å². The van der Waals surface area contributed by atoms with Crippen LogP contribution in [0.2, 0.25) is 10.0 Å². The Labute approximate surface area is 157 Å². The molecule has 25 heavy (non-hydrogen) atoms. The van der Waals surface area contributed by atoms with Crippen molar-refractivity contribution < 1.29 is 0 Å². The fourth-order valence-corrected chi connectivity index (χ4v) is 3.22. The summed E-state index contributed by atoms with van der Waals surface area (Å²) in [6.45, 7) is 4.02. The Balaban J connectivity index is 1.56. The predicted molar refractivity (Wildman–Crippen MR) is 102 cm³/mol. The summed E-state index contributed by atoms with van der Waals surface area (Å²) in [4.78, 5) is 17.4. The first-order valence-corrected chi connectivity index (χ1v) is 8.84. The Bertz CT molecular complexity index is 729. The summed E-state index contributed by atoms with van der Waals surface area (Å²) in [5, 5.41) is 4.66. The van der Waals surface area contributed by atoms with E-state index in [9.17, 15) is 0 Å². The van der Waals surface area contributed by atoms with E-state index in [1.807, 2.05) is 18.2 Å². The van der Waals surface area contributed by atoms with Crippen molar-refractivity contribution in [3.05, 3.63) is 52.3 Å². The van der Waals surface area contributed by atoms with Crippen molar-refractivity contribution in [2.75, 3.05) is 38.1 Å². The molecule has 1 aliphatic rings. The topological polar surface area (TPSA) is 56.7 Å². The zero-order valence-electron chi connectivity index (χ0n) is 14.0. The Kier molecular flexibility index (Phi) is 5.94. The molecule has 1 fully saturated rings. The molecule has 1 saturated heterocycles. The minimum atomic E-state index is 0.602. The van der Waals surface area contributed by atoms with Gasteiger partial charge in [0.05, 0.1) is 0 Å². The molecule has 1 aromatic heterocycles. The molecule has 132 valence electrons. The number of guanidine groups is 1. The summed E-state index contributed by atoms with van der Waals surface area (Å²) >= 11 is 12.2.